The average Bonchev–Trinajstić information content (AvgIpc) is 2.17. The third-order valence-electron chi connectivity index (χ3n) is 1.57. The van der Waals surface area contributed by atoms with Gasteiger partial charge in [-0.2, -0.15) is 8.78 Å². The molecule has 80 valence electrons. The molecule has 1 aromatic rings. The highest BCUT2D eigenvalue weighted by Crippen LogP contribution is 2.24. The Hall–Kier alpha value is -1.56. The summed E-state index contributed by atoms with van der Waals surface area (Å²) in [6, 6.07) is 0.932. The fourth-order valence-electron chi connectivity index (χ4n) is 0.826. The summed E-state index contributed by atoms with van der Waals surface area (Å²) in [6.07, 6.45) is 2.05. The van der Waals surface area contributed by atoms with Crippen LogP contribution >= 0.6 is 11.6 Å². The third-order valence-corrected chi connectivity index (χ3v) is 1.87. The average molecular weight is 236 g/mol. The number of carbonyl (C=O) groups excluding carboxylic acids is 1. The first-order valence-corrected chi connectivity index (χ1v) is 4.00. The number of hydrogen-bond acceptors (Lipinski definition) is 3. The maximum absolute atomic E-state index is 12.8. The minimum atomic E-state index is -4.48. The van der Waals surface area contributed by atoms with Crippen LogP contribution in [-0.4, -0.2) is 27.8 Å². The van der Waals surface area contributed by atoms with E-state index in [0.29, 0.717) is 0 Å². The van der Waals surface area contributed by atoms with Crippen molar-refractivity contribution in [1.82, 2.24) is 4.98 Å². The van der Waals surface area contributed by atoms with Gasteiger partial charge < -0.3 is 5.11 Å². The number of nitrogens with zero attached hydrogens (tertiary/aromatic N) is 1. The van der Waals surface area contributed by atoms with Crippen LogP contribution in [0.4, 0.5) is 8.78 Å². The standard InChI is InChI=1S/C8H4ClF2NO3/c9-5-3-12-2-1-4(5)6(13)8(10,11)7(14)15/h1-3H,(H,14,15). The maximum atomic E-state index is 12.8. The summed E-state index contributed by atoms with van der Waals surface area (Å²) < 4.78 is 25.6. The molecule has 0 aromatic carbocycles. The van der Waals surface area contributed by atoms with Gasteiger partial charge in [0.2, 0.25) is 5.78 Å². The number of Topliss-reactive ketones (excluding diaryl/α,β-unsaturated/α-hetero) is 1. The molecule has 1 N–H and O–H groups in total. The highest BCUT2D eigenvalue weighted by Gasteiger charge is 2.48. The molecule has 0 amide bonds. The van der Waals surface area contributed by atoms with E-state index in [1.54, 1.807) is 0 Å². The van der Waals surface area contributed by atoms with Crippen LogP contribution in [0.15, 0.2) is 18.5 Å². The van der Waals surface area contributed by atoms with E-state index in [1.807, 2.05) is 0 Å². The van der Waals surface area contributed by atoms with Crippen molar-refractivity contribution in [1.29, 1.82) is 0 Å². The normalized spacial score (nSPS) is 11.1. The van der Waals surface area contributed by atoms with Crippen LogP contribution in [0, 0.1) is 0 Å². The molecular weight excluding hydrogens is 232 g/mol. The van der Waals surface area contributed by atoms with Gasteiger partial charge in [-0.05, 0) is 6.07 Å². The predicted molar refractivity (Wildman–Crippen MR) is 46.2 cm³/mol. The number of carboxylic acid groups (broad SMARTS) is 1. The lowest BCUT2D eigenvalue weighted by molar-refractivity contribution is -0.157. The molecule has 0 aliphatic rings. The summed E-state index contributed by atoms with van der Waals surface area (Å²) in [6.45, 7) is 0. The van der Waals surface area contributed by atoms with Gasteiger partial charge in [0.25, 0.3) is 0 Å². The van der Waals surface area contributed by atoms with E-state index in [0.717, 1.165) is 18.5 Å². The Morgan fingerprint density at radius 3 is 2.53 bits per heavy atom. The summed E-state index contributed by atoms with van der Waals surface area (Å²) in [7, 11) is 0. The zero-order valence-corrected chi connectivity index (χ0v) is 7.83. The van der Waals surface area contributed by atoms with Crippen LogP contribution in [0.5, 0.6) is 0 Å². The minimum Gasteiger partial charge on any atom is -0.476 e. The van der Waals surface area contributed by atoms with E-state index in [-0.39, 0.29) is 5.02 Å². The highest BCUT2D eigenvalue weighted by atomic mass is 35.5. The van der Waals surface area contributed by atoms with Gasteiger partial charge in [-0.3, -0.25) is 9.78 Å². The first kappa shape index (κ1) is 11.5. The molecule has 0 saturated heterocycles. The zero-order chi connectivity index (χ0) is 11.6. The Labute approximate surface area is 87.5 Å². The lowest BCUT2D eigenvalue weighted by atomic mass is 10.1. The van der Waals surface area contributed by atoms with Gasteiger partial charge in [0.05, 0.1) is 5.02 Å². The number of ketones is 1. The fourth-order valence-corrected chi connectivity index (χ4v) is 1.03. The molecule has 0 aliphatic heterocycles. The van der Waals surface area contributed by atoms with Crippen molar-refractivity contribution in [2.75, 3.05) is 0 Å². The molecule has 0 spiro atoms. The van der Waals surface area contributed by atoms with Crippen LogP contribution in [-0.2, 0) is 4.79 Å². The summed E-state index contributed by atoms with van der Waals surface area (Å²) in [5.74, 6) is -8.85. The summed E-state index contributed by atoms with van der Waals surface area (Å²) in [5, 5.41) is 7.82. The molecule has 0 bridgehead atoms. The Morgan fingerprint density at radius 1 is 1.47 bits per heavy atom. The molecule has 0 fully saturated rings. The fraction of sp³-hybridized carbons (Fsp3) is 0.125. The molecule has 0 radical (unpaired) electrons. The SMILES string of the molecule is O=C(O)C(F)(F)C(=O)c1ccncc1Cl. The molecule has 0 saturated carbocycles. The number of pyridine rings is 1. The van der Waals surface area contributed by atoms with E-state index in [1.165, 1.54) is 0 Å². The molecule has 4 nitrogen and oxygen atoms in total. The van der Waals surface area contributed by atoms with Gasteiger partial charge >= 0.3 is 11.9 Å². The third kappa shape index (κ3) is 2.10. The second-order valence-corrected chi connectivity index (χ2v) is 2.97. The molecule has 1 heterocycles. The lowest BCUT2D eigenvalue weighted by Crippen LogP contribution is -2.37. The minimum absolute atomic E-state index is 0.316. The first-order valence-electron chi connectivity index (χ1n) is 3.63. The Morgan fingerprint density at radius 2 is 2.07 bits per heavy atom. The lowest BCUT2D eigenvalue weighted by Gasteiger charge is -2.10. The molecule has 7 heteroatoms. The maximum Gasteiger partial charge on any atom is 0.404 e. The van der Waals surface area contributed by atoms with Crippen molar-refractivity contribution in [3.8, 4) is 0 Å². The van der Waals surface area contributed by atoms with E-state index < -0.39 is 23.2 Å². The van der Waals surface area contributed by atoms with Crippen LogP contribution in [0.3, 0.4) is 0 Å². The molecule has 1 rings (SSSR count). The molecule has 0 atom stereocenters. The summed E-state index contributed by atoms with van der Waals surface area (Å²) in [4.78, 5) is 24.7. The number of hydrogen-bond donors (Lipinski definition) is 1. The van der Waals surface area contributed by atoms with Gasteiger partial charge in [0, 0.05) is 18.0 Å². The monoisotopic (exact) mass is 235 g/mol. The van der Waals surface area contributed by atoms with Gasteiger partial charge in [-0.15, -0.1) is 0 Å². The van der Waals surface area contributed by atoms with Gasteiger partial charge in [-0.1, -0.05) is 11.6 Å². The topological polar surface area (TPSA) is 67.3 Å². The zero-order valence-electron chi connectivity index (χ0n) is 7.08. The number of rotatable bonds is 3. The van der Waals surface area contributed by atoms with E-state index >= 15 is 0 Å². The number of carbonyl (C=O) groups is 2. The van der Waals surface area contributed by atoms with E-state index in [4.69, 9.17) is 16.7 Å². The number of alkyl halides is 2. The Bertz CT molecular complexity index is 422. The van der Waals surface area contributed by atoms with Crippen LogP contribution < -0.4 is 0 Å². The predicted octanol–water partition coefficient (Wildman–Crippen LogP) is 1.64. The molecule has 1 aromatic heterocycles. The number of carboxylic acids is 1. The Balaban J connectivity index is 3.16. The van der Waals surface area contributed by atoms with Crippen molar-refractivity contribution < 1.29 is 23.5 Å². The van der Waals surface area contributed by atoms with Crippen LogP contribution in [0.25, 0.3) is 0 Å². The Kier molecular flexibility index (Phi) is 2.99. The quantitative estimate of drug-likeness (QED) is 0.639. The number of halogens is 3. The van der Waals surface area contributed by atoms with Crippen molar-refractivity contribution >= 4 is 23.4 Å². The largest absolute Gasteiger partial charge is 0.476 e. The molecule has 0 aliphatic carbocycles. The number of aliphatic carboxylic acids is 1. The van der Waals surface area contributed by atoms with Crippen molar-refractivity contribution in [2.45, 2.75) is 5.92 Å². The number of aromatic nitrogens is 1. The molecule has 0 unspecified atom stereocenters. The first-order chi connectivity index (χ1) is 6.87. The van der Waals surface area contributed by atoms with Gasteiger partial charge in [-0.25, -0.2) is 4.79 Å². The van der Waals surface area contributed by atoms with Crippen molar-refractivity contribution in [3.05, 3.63) is 29.0 Å². The second-order valence-electron chi connectivity index (χ2n) is 2.56. The van der Waals surface area contributed by atoms with E-state index in [2.05, 4.69) is 4.98 Å². The van der Waals surface area contributed by atoms with Crippen molar-refractivity contribution in [2.24, 2.45) is 0 Å². The van der Waals surface area contributed by atoms with Gasteiger partial charge in [0.15, 0.2) is 0 Å². The smallest absolute Gasteiger partial charge is 0.404 e. The van der Waals surface area contributed by atoms with Gasteiger partial charge in [0.1, 0.15) is 0 Å². The molecule has 15 heavy (non-hydrogen) atoms. The van der Waals surface area contributed by atoms with Crippen molar-refractivity contribution in [3.63, 3.8) is 0 Å². The second kappa shape index (κ2) is 3.90. The summed E-state index contributed by atoms with van der Waals surface area (Å²) >= 11 is 5.42. The van der Waals surface area contributed by atoms with Crippen LogP contribution in [0.2, 0.25) is 5.02 Å². The molecular formula is C8H4ClF2NO3. The summed E-state index contributed by atoms with van der Waals surface area (Å²) in [5.41, 5.74) is -0.570. The van der Waals surface area contributed by atoms with E-state index in [9.17, 15) is 18.4 Å². The highest BCUT2D eigenvalue weighted by molar-refractivity contribution is 6.34. The van der Waals surface area contributed by atoms with Crippen LogP contribution in [0.1, 0.15) is 10.4 Å².